The lowest BCUT2D eigenvalue weighted by molar-refractivity contribution is -0.126. The fourth-order valence-electron chi connectivity index (χ4n) is 1.38. The molecule has 1 unspecified atom stereocenters. The second-order valence-electron chi connectivity index (χ2n) is 3.82. The summed E-state index contributed by atoms with van der Waals surface area (Å²) in [5.74, 6) is 0. The van der Waals surface area contributed by atoms with Gasteiger partial charge in [0.05, 0.1) is 13.2 Å². The van der Waals surface area contributed by atoms with Crippen LogP contribution in [0.2, 0.25) is 0 Å². The van der Waals surface area contributed by atoms with Crippen molar-refractivity contribution in [2.24, 2.45) is 0 Å². The largest absolute Gasteiger partial charge is 0.475 e. The van der Waals surface area contributed by atoms with Gasteiger partial charge in [0, 0.05) is 14.2 Å². The van der Waals surface area contributed by atoms with Gasteiger partial charge in [-0.1, -0.05) is 30.3 Å². The van der Waals surface area contributed by atoms with Crippen LogP contribution in [-0.4, -0.2) is 33.7 Å². The number of ether oxygens (including phenoxy) is 2. The summed E-state index contributed by atoms with van der Waals surface area (Å²) in [4.78, 5) is 0. The van der Waals surface area contributed by atoms with Crippen molar-refractivity contribution in [1.82, 2.24) is 0 Å². The van der Waals surface area contributed by atoms with E-state index in [1.807, 2.05) is 30.3 Å². The average Bonchev–Trinajstić information content (AvgIpc) is 2.48. The quantitative estimate of drug-likeness (QED) is 0.489. The van der Waals surface area contributed by atoms with Crippen molar-refractivity contribution < 1.29 is 27.6 Å². The number of methoxy groups -OCH3 is 2. The molecule has 0 aliphatic heterocycles. The second kappa shape index (κ2) is 9.23. The summed E-state index contributed by atoms with van der Waals surface area (Å²) in [7, 11) is -0.693. The summed E-state index contributed by atoms with van der Waals surface area (Å²) in [6.45, 7) is 2.03. The van der Waals surface area contributed by atoms with Gasteiger partial charge >= 0.3 is 7.82 Å². The Balaban J connectivity index is 2.55. The zero-order valence-electron chi connectivity index (χ0n) is 12.0. The van der Waals surface area contributed by atoms with E-state index in [2.05, 4.69) is 0 Å². The van der Waals surface area contributed by atoms with Gasteiger partial charge in [0.25, 0.3) is 0 Å². The Hall–Kier alpha value is -0.750. The van der Waals surface area contributed by atoms with Crippen molar-refractivity contribution in [3.05, 3.63) is 35.9 Å². The van der Waals surface area contributed by atoms with E-state index < -0.39 is 14.1 Å². The molecule has 114 valence electrons. The Morgan fingerprint density at radius 2 is 1.70 bits per heavy atom. The molecule has 0 aliphatic carbocycles. The van der Waals surface area contributed by atoms with Gasteiger partial charge in [-0.05, 0) is 12.5 Å². The lowest BCUT2D eigenvalue weighted by atomic mass is 10.2. The number of phosphoric acid groups is 1. The van der Waals surface area contributed by atoms with E-state index in [0.717, 1.165) is 5.56 Å². The highest BCUT2D eigenvalue weighted by atomic mass is 31.2. The SMILES string of the molecule is CCOP(=O)(OCc1ccccc1)OCC(OC)OC. The predicted octanol–water partition coefficient (Wildman–Crippen LogP) is 2.98. The molecular formula is C13H21O6P. The molecule has 0 saturated carbocycles. The monoisotopic (exact) mass is 304 g/mol. The third-order valence-electron chi connectivity index (χ3n) is 2.41. The minimum atomic E-state index is -3.63. The minimum absolute atomic E-state index is 0.0426. The Morgan fingerprint density at radius 3 is 2.25 bits per heavy atom. The molecule has 0 aliphatic rings. The van der Waals surface area contributed by atoms with Gasteiger partial charge in [0.1, 0.15) is 6.61 Å². The molecule has 0 radical (unpaired) electrons. The van der Waals surface area contributed by atoms with E-state index in [0.29, 0.717) is 0 Å². The molecule has 20 heavy (non-hydrogen) atoms. The van der Waals surface area contributed by atoms with Crippen molar-refractivity contribution in [3.63, 3.8) is 0 Å². The molecule has 0 spiro atoms. The fourth-order valence-corrected chi connectivity index (χ4v) is 2.53. The fraction of sp³-hybridized carbons (Fsp3) is 0.538. The first-order valence-corrected chi connectivity index (χ1v) is 7.72. The zero-order chi connectivity index (χ0) is 14.8. The molecule has 1 aromatic rings. The highest BCUT2D eigenvalue weighted by molar-refractivity contribution is 7.48. The summed E-state index contributed by atoms with van der Waals surface area (Å²) in [5.41, 5.74) is 0.881. The van der Waals surface area contributed by atoms with E-state index in [-0.39, 0.29) is 19.8 Å². The summed E-state index contributed by atoms with van der Waals surface area (Å²) in [5, 5.41) is 0. The van der Waals surface area contributed by atoms with Crippen LogP contribution >= 0.6 is 7.82 Å². The molecule has 1 aromatic carbocycles. The first kappa shape index (κ1) is 17.3. The zero-order valence-corrected chi connectivity index (χ0v) is 12.9. The van der Waals surface area contributed by atoms with E-state index in [4.69, 9.17) is 23.0 Å². The van der Waals surface area contributed by atoms with Crippen LogP contribution < -0.4 is 0 Å². The number of phosphoric ester groups is 1. The van der Waals surface area contributed by atoms with E-state index in [1.165, 1.54) is 14.2 Å². The predicted molar refractivity (Wildman–Crippen MR) is 74.2 cm³/mol. The van der Waals surface area contributed by atoms with Crippen LogP contribution in [0.1, 0.15) is 12.5 Å². The van der Waals surface area contributed by atoms with Crippen LogP contribution in [0.5, 0.6) is 0 Å². The average molecular weight is 304 g/mol. The van der Waals surface area contributed by atoms with Crippen LogP contribution in [0.15, 0.2) is 30.3 Å². The van der Waals surface area contributed by atoms with Crippen LogP contribution in [0, 0.1) is 0 Å². The van der Waals surface area contributed by atoms with Crippen molar-refractivity contribution in [1.29, 1.82) is 0 Å². The third kappa shape index (κ3) is 6.13. The number of hydrogen-bond donors (Lipinski definition) is 0. The number of benzene rings is 1. The van der Waals surface area contributed by atoms with Crippen LogP contribution in [-0.2, 0) is 34.2 Å². The summed E-state index contributed by atoms with van der Waals surface area (Å²) < 4.78 is 37.8. The molecule has 1 atom stereocenters. The van der Waals surface area contributed by atoms with Gasteiger partial charge in [0.2, 0.25) is 0 Å². The molecule has 6 nitrogen and oxygen atoms in total. The van der Waals surface area contributed by atoms with E-state index in [9.17, 15) is 4.57 Å². The molecule has 0 saturated heterocycles. The minimum Gasteiger partial charge on any atom is -0.354 e. The second-order valence-corrected chi connectivity index (χ2v) is 5.49. The van der Waals surface area contributed by atoms with Gasteiger partial charge in [-0.2, -0.15) is 0 Å². The van der Waals surface area contributed by atoms with Crippen molar-refractivity contribution in [2.45, 2.75) is 19.8 Å². The highest BCUT2D eigenvalue weighted by Gasteiger charge is 2.27. The maximum Gasteiger partial charge on any atom is 0.475 e. The highest BCUT2D eigenvalue weighted by Crippen LogP contribution is 2.50. The van der Waals surface area contributed by atoms with Crippen LogP contribution in [0.4, 0.5) is 0 Å². The lowest BCUT2D eigenvalue weighted by Crippen LogP contribution is -2.20. The number of hydrogen-bond acceptors (Lipinski definition) is 6. The van der Waals surface area contributed by atoms with Crippen molar-refractivity contribution in [2.75, 3.05) is 27.4 Å². The smallest absolute Gasteiger partial charge is 0.354 e. The molecule has 7 heteroatoms. The van der Waals surface area contributed by atoms with Crippen LogP contribution in [0.25, 0.3) is 0 Å². The first-order valence-electron chi connectivity index (χ1n) is 6.26. The van der Waals surface area contributed by atoms with Gasteiger partial charge in [-0.25, -0.2) is 4.57 Å². The Kier molecular flexibility index (Phi) is 7.99. The van der Waals surface area contributed by atoms with Crippen molar-refractivity contribution >= 4 is 7.82 Å². The maximum absolute atomic E-state index is 12.3. The molecule has 0 bridgehead atoms. The standard InChI is InChI=1S/C13H21O6P/c1-4-17-20(14,19-11-13(15-2)16-3)18-10-12-8-6-5-7-9-12/h5-9,13H,4,10-11H2,1-3H3. The van der Waals surface area contributed by atoms with Crippen molar-refractivity contribution in [3.8, 4) is 0 Å². The summed E-state index contributed by atoms with van der Waals surface area (Å²) >= 11 is 0. The Morgan fingerprint density at radius 1 is 1.05 bits per heavy atom. The summed E-state index contributed by atoms with van der Waals surface area (Å²) in [6.07, 6.45) is -0.621. The van der Waals surface area contributed by atoms with Gasteiger partial charge in [-0.3, -0.25) is 13.6 Å². The Bertz CT molecular complexity index is 407. The van der Waals surface area contributed by atoms with E-state index >= 15 is 0 Å². The topological polar surface area (TPSA) is 63.2 Å². The molecule has 0 fully saturated rings. The molecule has 0 heterocycles. The van der Waals surface area contributed by atoms with Crippen LogP contribution in [0.3, 0.4) is 0 Å². The normalized spacial score (nSPS) is 14.4. The summed E-state index contributed by atoms with van der Waals surface area (Å²) in [6, 6.07) is 9.37. The molecule has 0 aromatic heterocycles. The van der Waals surface area contributed by atoms with Gasteiger partial charge in [0.15, 0.2) is 6.29 Å². The molecule has 1 rings (SSSR count). The maximum atomic E-state index is 12.3. The van der Waals surface area contributed by atoms with E-state index in [1.54, 1.807) is 6.92 Å². The lowest BCUT2D eigenvalue weighted by Gasteiger charge is -2.20. The molecule has 0 amide bonds. The van der Waals surface area contributed by atoms with Gasteiger partial charge < -0.3 is 9.47 Å². The number of rotatable bonds is 10. The first-order chi connectivity index (χ1) is 9.63. The Labute approximate surface area is 119 Å². The van der Waals surface area contributed by atoms with Gasteiger partial charge in [-0.15, -0.1) is 0 Å². The molecule has 0 N–H and O–H groups in total. The molecular weight excluding hydrogens is 283 g/mol. The third-order valence-corrected chi connectivity index (χ3v) is 3.90.